The molecule has 0 unspecified atom stereocenters. The first-order valence-electron chi connectivity index (χ1n) is 8.06. The number of nitrogens with two attached hydrogens (primary N) is 1. The fraction of sp³-hybridized carbons (Fsp3) is 0.222. The van der Waals surface area contributed by atoms with Crippen molar-refractivity contribution in [2.24, 2.45) is 5.73 Å². The van der Waals surface area contributed by atoms with Crippen LogP contribution in [-0.4, -0.2) is 29.9 Å². The minimum Gasteiger partial charge on any atom is -0.483 e. The number of fused-ring (bicyclic) bond motifs is 1. The number of rotatable bonds is 5. The Hall–Kier alpha value is -3.42. The molecule has 1 aliphatic heterocycles. The number of aryl methyl sites for hydroxylation is 1. The highest BCUT2D eigenvalue weighted by Crippen LogP contribution is 2.30. The van der Waals surface area contributed by atoms with Gasteiger partial charge in [0.1, 0.15) is 5.75 Å². The number of primary amides is 1. The highest BCUT2D eigenvalue weighted by atomic mass is 16.6. The average molecular weight is 355 g/mol. The van der Waals surface area contributed by atoms with Crippen LogP contribution in [0.15, 0.2) is 42.5 Å². The molecule has 1 heterocycles. The number of ether oxygens (including phenoxy) is 1. The first-order valence-corrected chi connectivity index (χ1v) is 8.06. The van der Waals surface area contributed by atoms with Crippen LogP contribution in [0.3, 0.4) is 0 Å². The SMILES string of the molecule is NC(=O)c1ccccc1OCC(=O)N1CCCc2cc([N+](=O)[O-])ccc21. The van der Waals surface area contributed by atoms with Crippen LogP contribution in [0.1, 0.15) is 22.3 Å². The van der Waals surface area contributed by atoms with Crippen molar-refractivity contribution in [3.05, 3.63) is 63.7 Å². The molecule has 2 aromatic carbocycles. The fourth-order valence-corrected chi connectivity index (χ4v) is 2.97. The highest BCUT2D eigenvalue weighted by molar-refractivity contribution is 5.97. The van der Waals surface area contributed by atoms with E-state index >= 15 is 0 Å². The number of nitrogens with zero attached hydrogens (tertiary/aromatic N) is 2. The molecule has 0 fully saturated rings. The molecule has 1 aliphatic rings. The molecule has 2 aromatic rings. The van der Waals surface area contributed by atoms with Crippen LogP contribution < -0.4 is 15.4 Å². The number of nitro groups is 1. The topological polar surface area (TPSA) is 116 Å². The molecule has 8 nitrogen and oxygen atoms in total. The summed E-state index contributed by atoms with van der Waals surface area (Å²) in [4.78, 5) is 36.0. The molecule has 2 amide bonds. The Morgan fingerprint density at radius 1 is 1.23 bits per heavy atom. The average Bonchev–Trinajstić information content (AvgIpc) is 2.65. The standard InChI is InChI=1S/C18H17N3O5/c19-18(23)14-5-1-2-6-16(14)26-11-17(22)20-9-3-4-12-10-13(21(24)25)7-8-15(12)20/h1-2,5-8,10H,3-4,9,11H2,(H2,19,23). The molecule has 0 aromatic heterocycles. The summed E-state index contributed by atoms with van der Waals surface area (Å²) in [6.07, 6.45) is 1.38. The van der Waals surface area contributed by atoms with Crippen molar-refractivity contribution in [3.8, 4) is 5.75 Å². The van der Waals surface area contributed by atoms with Gasteiger partial charge in [-0.3, -0.25) is 19.7 Å². The van der Waals surface area contributed by atoms with Crippen molar-refractivity contribution in [3.63, 3.8) is 0 Å². The van der Waals surface area contributed by atoms with Crippen LogP contribution in [0.5, 0.6) is 5.75 Å². The zero-order chi connectivity index (χ0) is 18.7. The number of hydrogen-bond donors (Lipinski definition) is 1. The molecular formula is C18H17N3O5. The normalized spacial score (nSPS) is 13.0. The van der Waals surface area contributed by atoms with Gasteiger partial charge in [-0.1, -0.05) is 12.1 Å². The maximum absolute atomic E-state index is 12.6. The van der Waals surface area contributed by atoms with Gasteiger partial charge < -0.3 is 15.4 Å². The van der Waals surface area contributed by atoms with Gasteiger partial charge in [-0.05, 0) is 36.6 Å². The van der Waals surface area contributed by atoms with Crippen LogP contribution in [0.2, 0.25) is 0 Å². The van der Waals surface area contributed by atoms with Gasteiger partial charge in [0, 0.05) is 24.4 Å². The van der Waals surface area contributed by atoms with Crippen LogP contribution >= 0.6 is 0 Å². The van der Waals surface area contributed by atoms with Crippen LogP contribution in [0.4, 0.5) is 11.4 Å². The highest BCUT2D eigenvalue weighted by Gasteiger charge is 2.25. The molecule has 0 radical (unpaired) electrons. The van der Waals surface area contributed by atoms with E-state index in [9.17, 15) is 19.7 Å². The van der Waals surface area contributed by atoms with Crippen molar-refractivity contribution in [2.75, 3.05) is 18.1 Å². The van der Waals surface area contributed by atoms with E-state index in [0.29, 0.717) is 25.1 Å². The lowest BCUT2D eigenvalue weighted by Crippen LogP contribution is -2.38. The largest absolute Gasteiger partial charge is 0.483 e. The number of carbonyl (C=O) groups is 2. The van der Waals surface area contributed by atoms with Gasteiger partial charge in [-0.15, -0.1) is 0 Å². The van der Waals surface area contributed by atoms with Crippen molar-refractivity contribution >= 4 is 23.2 Å². The molecule has 0 atom stereocenters. The quantitative estimate of drug-likeness (QED) is 0.651. The second kappa shape index (κ2) is 7.22. The molecule has 0 saturated carbocycles. The molecule has 3 rings (SSSR count). The zero-order valence-corrected chi connectivity index (χ0v) is 13.9. The summed E-state index contributed by atoms with van der Waals surface area (Å²) < 4.78 is 5.49. The number of benzene rings is 2. The molecule has 0 aliphatic carbocycles. The number of para-hydroxylation sites is 1. The smallest absolute Gasteiger partial charge is 0.269 e. The number of anilines is 1. The van der Waals surface area contributed by atoms with E-state index in [1.165, 1.54) is 18.2 Å². The minimum absolute atomic E-state index is 0.00434. The van der Waals surface area contributed by atoms with E-state index in [1.807, 2.05) is 0 Å². The summed E-state index contributed by atoms with van der Waals surface area (Å²) in [6, 6.07) is 10.9. The molecule has 2 N–H and O–H groups in total. The third-order valence-corrected chi connectivity index (χ3v) is 4.20. The third kappa shape index (κ3) is 3.49. The van der Waals surface area contributed by atoms with Crippen LogP contribution in [-0.2, 0) is 11.2 Å². The van der Waals surface area contributed by atoms with Crippen LogP contribution in [0, 0.1) is 10.1 Å². The Morgan fingerprint density at radius 3 is 2.73 bits per heavy atom. The maximum atomic E-state index is 12.6. The van der Waals surface area contributed by atoms with Gasteiger partial charge in [0.05, 0.1) is 10.5 Å². The molecule has 0 saturated heterocycles. The lowest BCUT2D eigenvalue weighted by Gasteiger charge is -2.29. The summed E-state index contributed by atoms with van der Waals surface area (Å²) in [5, 5.41) is 10.9. The first-order chi connectivity index (χ1) is 12.5. The second-order valence-corrected chi connectivity index (χ2v) is 5.87. The zero-order valence-electron chi connectivity index (χ0n) is 13.9. The van der Waals surface area contributed by atoms with E-state index in [1.54, 1.807) is 29.2 Å². The molecule has 0 bridgehead atoms. The van der Waals surface area contributed by atoms with E-state index in [-0.39, 0.29) is 29.5 Å². The van der Waals surface area contributed by atoms with Crippen molar-refractivity contribution in [1.82, 2.24) is 0 Å². The number of carbonyl (C=O) groups excluding carboxylic acids is 2. The minimum atomic E-state index is -0.635. The van der Waals surface area contributed by atoms with Crippen molar-refractivity contribution in [2.45, 2.75) is 12.8 Å². The predicted molar refractivity (Wildman–Crippen MR) is 94.2 cm³/mol. The maximum Gasteiger partial charge on any atom is 0.269 e. The Kier molecular flexibility index (Phi) is 4.83. The Balaban J connectivity index is 1.76. The monoisotopic (exact) mass is 355 g/mol. The van der Waals surface area contributed by atoms with Gasteiger partial charge in [-0.2, -0.15) is 0 Å². The van der Waals surface area contributed by atoms with Gasteiger partial charge in [-0.25, -0.2) is 0 Å². The Morgan fingerprint density at radius 2 is 2.00 bits per heavy atom. The lowest BCUT2D eigenvalue weighted by molar-refractivity contribution is -0.384. The van der Waals surface area contributed by atoms with E-state index in [2.05, 4.69) is 0 Å². The number of amides is 2. The van der Waals surface area contributed by atoms with E-state index in [4.69, 9.17) is 10.5 Å². The third-order valence-electron chi connectivity index (χ3n) is 4.20. The summed E-state index contributed by atoms with van der Waals surface area (Å²) >= 11 is 0. The van der Waals surface area contributed by atoms with Crippen LogP contribution in [0.25, 0.3) is 0 Å². The van der Waals surface area contributed by atoms with E-state index in [0.717, 1.165) is 5.56 Å². The van der Waals surface area contributed by atoms with Gasteiger partial charge in [0.25, 0.3) is 17.5 Å². The van der Waals surface area contributed by atoms with Crippen molar-refractivity contribution in [1.29, 1.82) is 0 Å². The fourth-order valence-electron chi connectivity index (χ4n) is 2.97. The second-order valence-electron chi connectivity index (χ2n) is 5.87. The number of non-ortho nitro benzene ring substituents is 1. The number of hydrogen-bond acceptors (Lipinski definition) is 5. The molecule has 134 valence electrons. The predicted octanol–water partition coefficient (Wildman–Crippen LogP) is 2.05. The number of nitro benzene ring substituents is 1. The summed E-state index contributed by atoms with van der Waals surface area (Å²) in [5.41, 5.74) is 6.92. The molecular weight excluding hydrogens is 338 g/mol. The first kappa shape index (κ1) is 17.4. The molecule has 26 heavy (non-hydrogen) atoms. The Bertz CT molecular complexity index is 881. The summed E-state index contributed by atoms with van der Waals surface area (Å²) in [7, 11) is 0. The Labute approximate surface area is 149 Å². The van der Waals surface area contributed by atoms with Crippen molar-refractivity contribution < 1.29 is 19.2 Å². The lowest BCUT2D eigenvalue weighted by atomic mass is 10.0. The van der Waals surface area contributed by atoms with Gasteiger partial charge >= 0.3 is 0 Å². The molecule has 0 spiro atoms. The van der Waals surface area contributed by atoms with Gasteiger partial charge in [0.2, 0.25) is 0 Å². The van der Waals surface area contributed by atoms with Gasteiger partial charge in [0.15, 0.2) is 6.61 Å². The van der Waals surface area contributed by atoms with E-state index < -0.39 is 10.8 Å². The summed E-state index contributed by atoms with van der Waals surface area (Å²) in [6.45, 7) is 0.241. The molecule has 8 heteroatoms. The summed E-state index contributed by atoms with van der Waals surface area (Å²) in [5.74, 6) is -0.683.